The molecule has 0 saturated carbocycles. The average Bonchev–Trinajstić information content (AvgIpc) is 2.47. The summed E-state index contributed by atoms with van der Waals surface area (Å²) in [6.45, 7) is 0.175. The third-order valence-electron chi connectivity index (χ3n) is 3.10. The third kappa shape index (κ3) is 3.70. The van der Waals surface area contributed by atoms with E-state index < -0.39 is 19.9 Å². The maximum Gasteiger partial charge on any atom is 0.243 e. The lowest BCUT2D eigenvalue weighted by Crippen LogP contribution is -2.26. The van der Waals surface area contributed by atoms with Crippen molar-refractivity contribution in [3.05, 3.63) is 54.4 Å². The zero-order valence-electron chi connectivity index (χ0n) is 12.2. The number of hydrogen-bond donors (Lipinski definition) is 0. The monoisotopic (exact) mass is 340 g/mol. The molecule has 0 fully saturated rings. The Balaban J connectivity index is 2.34. The minimum absolute atomic E-state index is 0.0223. The first kappa shape index (κ1) is 16.6. The SMILES string of the molecule is CN(Cc1ccncc1)S(=O)(=O)c1cccc(S(C)(=O)=O)c1. The van der Waals surface area contributed by atoms with Crippen LogP contribution in [0.5, 0.6) is 0 Å². The Labute approximate surface area is 130 Å². The van der Waals surface area contributed by atoms with E-state index in [1.807, 2.05) is 0 Å². The summed E-state index contributed by atoms with van der Waals surface area (Å²) in [5.74, 6) is 0. The second-order valence-corrected chi connectivity index (χ2v) is 8.92. The molecule has 1 heterocycles. The molecule has 1 aromatic carbocycles. The van der Waals surface area contributed by atoms with Gasteiger partial charge in [0.05, 0.1) is 9.79 Å². The van der Waals surface area contributed by atoms with Gasteiger partial charge >= 0.3 is 0 Å². The van der Waals surface area contributed by atoms with Gasteiger partial charge in [-0.25, -0.2) is 16.8 Å². The Bertz CT molecular complexity index is 863. The van der Waals surface area contributed by atoms with E-state index in [1.54, 1.807) is 24.5 Å². The number of aromatic nitrogens is 1. The molecule has 6 nitrogen and oxygen atoms in total. The quantitative estimate of drug-likeness (QED) is 0.819. The van der Waals surface area contributed by atoms with Crippen LogP contribution in [0.15, 0.2) is 58.6 Å². The summed E-state index contributed by atoms with van der Waals surface area (Å²) in [6.07, 6.45) is 4.21. The van der Waals surface area contributed by atoms with Crippen LogP contribution in [0.2, 0.25) is 0 Å². The van der Waals surface area contributed by atoms with Gasteiger partial charge in [0.1, 0.15) is 0 Å². The molecule has 22 heavy (non-hydrogen) atoms. The van der Waals surface area contributed by atoms with Crippen molar-refractivity contribution in [3.8, 4) is 0 Å². The lowest BCUT2D eigenvalue weighted by atomic mass is 10.3. The van der Waals surface area contributed by atoms with Crippen molar-refractivity contribution in [2.75, 3.05) is 13.3 Å². The number of sulfonamides is 1. The van der Waals surface area contributed by atoms with Crippen molar-refractivity contribution in [1.29, 1.82) is 0 Å². The van der Waals surface area contributed by atoms with Crippen LogP contribution in [-0.4, -0.2) is 39.4 Å². The summed E-state index contributed by atoms with van der Waals surface area (Å²) >= 11 is 0. The standard InChI is InChI=1S/C14H16N2O4S2/c1-16(11-12-6-8-15-9-7-12)22(19,20)14-5-3-4-13(10-14)21(2,17)18/h3-10H,11H2,1-2H3. The predicted molar refractivity (Wildman–Crippen MR) is 82.4 cm³/mol. The van der Waals surface area contributed by atoms with E-state index in [0.717, 1.165) is 11.8 Å². The van der Waals surface area contributed by atoms with Crippen molar-refractivity contribution in [2.45, 2.75) is 16.3 Å². The van der Waals surface area contributed by atoms with Crippen LogP contribution in [0, 0.1) is 0 Å². The van der Waals surface area contributed by atoms with E-state index in [4.69, 9.17) is 0 Å². The topological polar surface area (TPSA) is 84.4 Å². The first-order chi connectivity index (χ1) is 10.2. The number of nitrogens with zero attached hydrogens (tertiary/aromatic N) is 2. The molecule has 118 valence electrons. The minimum atomic E-state index is -3.77. The van der Waals surface area contributed by atoms with Gasteiger partial charge in [-0.2, -0.15) is 4.31 Å². The van der Waals surface area contributed by atoms with Crippen LogP contribution in [0.3, 0.4) is 0 Å². The van der Waals surface area contributed by atoms with Gasteiger partial charge in [-0.3, -0.25) is 4.98 Å². The van der Waals surface area contributed by atoms with E-state index >= 15 is 0 Å². The van der Waals surface area contributed by atoms with E-state index in [0.29, 0.717) is 0 Å². The highest BCUT2D eigenvalue weighted by molar-refractivity contribution is 7.91. The fourth-order valence-electron chi connectivity index (χ4n) is 1.88. The van der Waals surface area contributed by atoms with E-state index in [9.17, 15) is 16.8 Å². The number of pyridine rings is 1. The number of benzene rings is 1. The molecule has 0 radical (unpaired) electrons. The summed E-state index contributed by atoms with van der Waals surface area (Å²) < 4.78 is 49.3. The molecule has 0 amide bonds. The van der Waals surface area contributed by atoms with Gasteiger partial charge in [0, 0.05) is 32.2 Å². The van der Waals surface area contributed by atoms with E-state index in [2.05, 4.69) is 4.98 Å². The van der Waals surface area contributed by atoms with Crippen molar-refractivity contribution in [1.82, 2.24) is 9.29 Å². The number of rotatable bonds is 5. The molecule has 0 atom stereocenters. The van der Waals surface area contributed by atoms with Crippen LogP contribution in [0.4, 0.5) is 0 Å². The Kier molecular flexibility index (Phi) is 4.64. The summed E-state index contributed by atoms with van der Waals surface area (Å²) in [5, 5.41) is 0. The second-order valence-electron chi connectivity index (χ2n) is 4.86. The number of sulfone groups is 1. The Morgan fingerprint density at radius 3 is 2.18 bits per heavy atom. The summed E-state index contributed by atoms with van der Waals surface area (Å²) in [6, 6.07) is 8.79. The highest BCUT2D eigenvalue weighted by atomic mass is 32.2. The molecule has 0 N–H and O–H groups in total. The van der Waals surface area contributed by atoms with Crippen LogP contribution in [0.25, 0.3) is 0 Å². The molecule has 0 bridgehead atoms. The smallest absolute Gasteiger partial charge is 0.243 e. The molecule has 0 aliphatic heterocycles. The molecule has 2 aromatic rings. The molecule has 0 spiro atoms. The van der Waals surface area contributed by atoms with Crippen LogP contribution >= 0.6 is 0 Å². The molecule has 1 aromatic heterocycles. The summed E-state index contributed by atoms with van der Waals surface area (Å²) in [4.78, 5) is 3.81. The maximum atomic E-state index is 12.5. The van der Waals surface area contributed by atoms with Gasteiger partial charge in [0.2, 0.25) is 10.0 Å². The second kappa shape index (κ2) is 6.15. The largest absolute Gasteiger partial charge is 0.265 e. The molecule has 0 saturated heterocycles. The van der Waals surface area contributed by atoms with Crippen LogP contribution < -0.4 is 0 Å². The normalized spacial score (nSPS) is 12.5. The third-order valence-corrected chi connectivity index (χ3v) is 6.01. The fourth-order valence-corrected chi connectivity index (χ4v) is 3.82. The Morgan fingerprint density at radius 1 is 1.00 bits per heavy atom. The van der Waals surface area contributed by atoms with E-state index in [-0.39, 0.29) is 16.3 Å². The zero-order valence-corrected chi connectivity index (χ0v) is 13.8. The highest BCUT2D eigenvalue weighted by Gasteiger charge is 2.22. The van der Waals surface area contributed by atoms with Crippen LogP contribution in [-0.2, 0) is 26.4 Å². The highest BCUT2D eigenvalue weighted by Crippen LogP contribution is 2.20. The van der Waals surface area contributed by atoms with Crippen molar-refractivity contribution < 1.29 is 16.8 Å². The average molecular weight is 340 g/mol. The predicted octanol–water partition coefficient (Wildman–Crippen LogP) is 1.31. The van der Waals surface area contributed by atoms with Gasteiger partial charge in [-0.15, -0.1) is 0 Å². The molecular formula is C14H16N2O4S2. The van der Waals surface area contributed by atoms with Gasteiger partial charge in [-0.05, 0) is 35.9 Å². The van der Waals surface area contributed by atoms with Gasteiger partial charge in [0.25, 0.3) is 0 Å². The van der Waals surface area contributed by atoms with Crippen LogP contribution in [0.1, 0.15) is 5.56 Å². The van der Waals surface area contributed by atoms with Gasteiger partial charge in [0.15, 0.2) is 9.84 Å². The molecule has 0 aliphatic carbocycles. The minimum Gasteiger partial charge on any atom is -0.265 e. The Hall–Kier alpha value is -1.77. The first-order valence-corrected chi connectivity index (χ1v) is 9.70. The zero-order chi connectivity index (χ0) is 16.4. The van der Waals surface area contributed by atoms with E-state index in [1.165, 1.54) is 35.6 Å². The van der Waals surface area contributed by atoms with Crippen molar-refractivity contribution in [2.24, 2.45) is 0 Å². The lowest BCUT2D eigenvalue weighted by molar-refractivity contribution is 0.466. The lowest BCUT2D eigenvalue weighted by Gasteiger charge is -2.17. The molecular weight excluding hydrogens is 324 g/mol. The van der Waals surface area contributed by atoms with Gasteiger partial charge in [-0.1, -0.05) is 6.07 Å². The summed E-state index contributed by atoms with van der Waals surface area (Å²) in [7, 11) is -5.79. The summed E-state index contributed by atoms with van der Waals surface area (Å²) in [5.41, 5.74) is 0.792. The molecule has 0 unspecified atom stereocenters. The van der Waals surface area contributed by atoms with Gasteiger partial charge < -0.3 is 0 Å². The van der Waals surface area contributed by atoms with Crippen molar-refractivity contribution in [3.63, 3.8) is 0 Å². The Morgan fingerprint density at radius 2 is 1.59 bits per heavy atom. The maximum absolute atomic E-state index is 12.5. The molecule has 8 heteroatoms. The first-order valence-electron chi connectivity index (χ1n) is 6.36. The fraction of sp³-hybridized carbons (Fsp3) is 0.214. The number of hydrogen-bond acceptors (Lipinski definition) is 5. The molecule has 2 rings (SSSR count). The van der Waals surface area contributed by atoms with Crippen molar-refractivity contribution >= 4 is 19.9 Å². The molecule has 0 aliphatic rings.